The van der Waals surface area contributed by atoms with Crippen molar-refractivity contribution in [2.45, 2.75) is 38.7 Å². The van der Waals surface area contributed by atoms with Crippen LogP contribution in [0.5, 0.6) is 0 Å². The van der Waals surface area contributed by atoms with Gasteiger partial charge in [-0.15, -0.1) is 11.3 Å². The SMILES string of the molecule is CN(C)C(=O)c1sc2nccnc2c1[C@H]1CCN(C(=O)OC(C)(C)C)C1. The minimum absolute atomic E-state index is 0.0480. The van der Waals surface area contributed by atoms with Crippen LogP contribution in [0.3, 0.4) is 0 Å². The molecule has 0 spiro atoms. The molecule has 8 heteroatoms. The van der Waals surface area contributed by atoms with Gasteiger partial charge >= 0.3 is 6.09 Å². The summed E-state index contributed by atoms with van der Waals surface area (Å²) >= 11 is 1.37. The van der Waals surface area contributed by atoms with Gasteiger partial charge in [0, 0.05) is 51.1 Å². The number of nitrogens with zero attached hydrogens (tertiary/aromatic N) is 4. The minimum atomic E-state index is -0.526. The van der Waals surface area contributed by atoms with Crippen molar-refractivity contribution in [2.75, 3.05) is 27.2 Å². The number of fused-ring (bicyclic) bond motifs is 1. The normalized spacial score (nSPS) is 17.6. The lowest BCUT2D eigenvalue weighted by Crippen LogP contribution is -2.35. The van der Waals surface area contributed by atoms with Gasteiger partial charge in [0.1, 0.15) is 15.9 Å². The van der Waals surface area contributed by atoms with Crippen molar-refractivity contribution in [3.8, 4) is 0 Å². The molecule has 140 valence electrons. The largest absolute Gasteiger partial charge is 0.444 e. The topological polar surface area (TPSA) is 75.6 Å². The predicted molar refractivity (Wildman–Crippen MR) is 101 cm³/mol. The molecule has 0 saturated carbocycles. The quantitative estimate of drug-likeness (QED) is 0.805. The van der Waals surface area contributed by atoms with Crippen LogP contribution in [0, 0.1) is 0 Å². The number of ether oxygens (including phenoxy) is 1. The van der Waals surface area contributed by atoms with Crippen LogP contribution in [0.2, 0.25) is 0 Å². The molecule has 0 aromatic carbocycles. The Kier molecular flexibility index (Phi) is 4.88. The van der Waals surface area contributed by atoms with Gasteiger partial charge in [-0.25, -0.2) is 9.78 Å². The first kappa shape index (κ1) is 18.6. The van der Waals surface area contributed by atoms with Gasteiger partial charge in [0.25, 0.3) is 5.91 Å². The Balaban J connectivity index is 1.92. The van der Waals surface area contributed by atoms with Crippen molar-refractivity contribution in [2.24, 2.45) is 0 Å². The second-order valence-corrected chi connectivity index (χ2v) is 8.67. The zero-order chi connectivity index (χ0) is 19.1. The van der Waals surface area contributed by atoms with Crippen molar-refractivity contribution in [1.29, 1.82) is 0 Å². The van der Waals surface area contributed by atoms with E-state index in [0.29, 0.717) is 18.0 Å². The molecule has 0 N–H and O–H groups in total. The van der Waals surface area contributed by atoms with E-state index in [1.54, 1.807) is 36.3 Å². The Hall–Kier alpha value is -2.22. The number of hydrogen-bond acceptors (Lipinski definition) is 6. The third-order valence-corrected chi connectivity index (χ3v) is 5.30. The van der Waals surface area contributed by atoms with E-state index in [1.807, 2.05) is 20.8 Å². The molecule has 26 heavy (non-hydrogen) atoms. The van der Waals surface area contributed by atoms with Crippen molar-refractivity contribution < 1.29 is 14.3 Å². The van der Waals surface area contributed by atoms with Gasteiger partial charge in [-0.05, 0) is 27.2 Å². The molecule has 0 radical (unpaired) electrons. The summed E-state index contributed by atoms with van der Waals surface area (Å²) in [5.41, 5.74) is 1.14. The molecule has 1 aliphatic heterocycles. The lowest BCUT2D eigenvalue weighted by molar-refractivity contribution is 0.0292. The fourth-order valence-electron chi connectivity index (χ4n) is 3.07. The summed E-state index contributed by atoms with van der Waals surface area (Å²) in [6.07, 6.45) is 3.73. The second-order valence-electron chi connectivity index (χ2n) is 7.67. The van der Waals surface area contributed by atoms with Crippen LogP contribution in [0.4, 0.5) is 4.79 Å². The van der Waals surface area contributed by atoms with Crippen LogP contribution in [-0.2, 0) is 4.74 Å². The average molecular weight is 376 g/mol. The Labute approximate surface area is 157 Å². The van der Waals surface area contributed by atoms with Crippen LogP contribution in [0.25, 0.3) is 10.3 Å². The number of carbonyl (C=O) groups is 2. The molecule has 1 fully saturated rings. The van der Waals surface area contributed by atoms with Gasteiger partial charge in [0.2, 0.25) is 0 Å². The van der Waals surface area contributed by atoms with Crippen molar-refractivity contribution in [3.05, 3.63) is 22.8 Å². The summed E-state index contributed by atoms with van der Waals surface area (Å²) in [4.78, 5) is 38.5. The highest BCUT2D eigenvalue weighted by atomic mass is 32.1. The summed E-state index contributed by atoms with van der Waals surface area (Å²) in [6, 6.07) is 0. The maximum atomic E-state index is 12.7. The minimum Gasteiger partial charge on any atom is -0.444 e. The predicted octanol–water partition coefficient (Wildman–Crippen LogP) is 3.12. The first-order valence-corrected chi connectivity index (χ1v) is 9.42. The van der Waals surface area contributed by atoms with Crippen molar-refractivity contribution in [1.82, 2.24) is 19.8 Å². The fourth-order valence-corrected chi connectivity index (χ4v) is 4.28. The van der Waals surface area contributed by atoms with Gasteiger partial charge in [0.05, 0.1) is 4.88 Å². The molecule has 7 nitrogen and oxygen atoms in total. The van der Waals surface area contributed by atoms with E-state index in [9.17, 15) is 9.59 Å². The number of likely N-dealkylation sites (tertiary alicyclic amines) is 1. The fraction of sp³-hybridized carbons (Fsp3) is 0.556. The Bertz CT molecular complexity index is 841. The monoisotopic (exact) mass is 376 g/mol. The molecule has 3 rings (SSSR count). The molecule has 0 bridgehead atoms. The van der Waals surface area contributed by atoms with Crippen LogP contribution in [0.15, 0.2) is 12.4 Å². The summed E-state index contributed by atoms with van der Waals surface area (Å²) in [7, 11) is 3.47. The lowest BCUT2D eigenvalue weighted by atomic mass is 9.97. The molecule has 2 amide bonds. The maximum absolute atomic E-state index is 12.7. The molecule has 2 aromatic heterocycles. The summed E-state index contributed by atoms with van der Waals surface area (Å²) in [5, 5.41) is 0. The van der Waals surface area contributed by atoms with Gasteiger partial charge in [-0.1, -0.05) is 0 Å². The first-order valence-electron chi connectivity index (χ1n) is 8.60. The first-order chi connectivity index (χ1) is 12.2. The van der Waals surface area contributed by atoms with E-state index in [2.05, 4.69) is 9.97 Å². The zero-order valence-corrected chi connectivity index (χ0v) is 16.6. The van der Waals surface area contributed by atoms with Crippen molar-refractivity contribution in [3.63, 3.8) is 0 Å². The number of hydrogen-bond donors (Lipinski definition) is 0. The van der Waals surface area contributed by atoms with Gasteiger partial charge in [-0.3, -0.25) is 9.78 Å². The highest BCUT2D eigenvalue weighted by molar-refractivity contribution is 7.20. The highest BCUT2D eigenvalue weighted by Gasteiger charge is 2.35. The van der Waals surface area contributed by atoms with Crippen LogP contribution in [0.1, 0.15) is 48.3 Å². The van der Waals surface area contributed by atoms with E-state index in [4.69, 9.17) is 4.74 Å². The zero-order valence-electron chi connectivity index (χ0n) is 15.8. The third-order valence-electron chi connectivity index (χ3n) is 4.21. The van der Waals surface area contributed by atoms with Crippen LogP contribution < -0.4 is 0 Å². The van der Waals surface area contributed by atoms with Gasteiger partial charge in [-0.2, -0.15) is 0 Å². The van der Waals surface area contributed by atoms with E-state index in [0.717, 1.165) is 22.3 Å². The number of carbonyl (C=O) groups excluding carboxylic acids is 2. The smallest absolute Gasteiger partial charge is 0.410 e. The van der Waals surface area contributed by atoms with E-state index >= 15 is 0 Å². The standard InChI is InChI=1S/C18H24N4O3S/c1-18(2,3)25-17(24)22-9-6-11(10-22)12-13-15(20-8-7-19-13)26-14(12)16(23)21(4)5/h7-8,11H,6,9-10H2,1-5H3/t11-/m0/s1. The lowest BCUT2D eigenvalue weighted by Gasteiger charge is -2.24. The van der Waals surface area contributed by atoms with E-state index in [1.165, 1.54) is 11.3 Å². The van der Waals surface area contributed by atoms with E-state index < -0.39 is 5.60 Å². The average Bonchev–Trinajstić information content (AvgIpc) is 3.16. The number of amides is 2. The summed E-state index contributed by atoms with van der Waals surface area (Å²) in [5.74, 6) is -0.00705. The Morgan fingerprint density at radius 2 is 1.96 bits per heavy atom. The van der Waals surface area contributed by atoms with Gasteiger partial charge < -0.3 is 14.5 Å². The maximum Gasteiger partial charge on any atom is 0.410 e. The van der Waals surface area contributed by atoms with E-state index in [-0.39, 0.29) is 17.9 Å². The number of thiophene rings is 1. The Morgan fingerprint density at radius 3 is 2.62 bits per heavy atom. The molecule has 0 unspecified atom stereocenters. The Morgan fingerprint density at radius 1 is 1.27 bits per heavy atom. The second kappa shape index (κ2) is 6.83. The number of rotatable bonds is 2. The molecule has 1 atom stereocenters. The molecular formula is C18H24N4O3S. The summed E-state index contributed by atoms with van der Waals surface area (Å²) < 4.78 is 5.48. The molecule has 1 aliphatic rings. The number of aromatic nitrogens is 2. The summed E-state index contributed by atoms with van der Waals surface area (Å²) in [6.45, 7) is 6.69. The van der Waals surface area contributed by atoms with Crippen LogP contribution >= 0.6 is 11.3 Å². The molecule has 0 aliphatic carbocycles. The van der Waals surface area contributed by atoms with Gasteiger partial charge in [0.15, 0.2) is 0 Å². The molecule has 2 aromatic rings. The molecule has 3 heterocycles. The van der Waals surface area contributed by atoms with Crippen molar-refractivity contribution >= 4 is 33.7 Å². The molecule has 1 saturated heterocycles. The van der Waals surface area contributed by atoms with Crippen LogP contribution in [-0.4, -0.2) is 64.6 Å². The molecular weight excluding hydrogens is 352 g/mol. The third kappa shape index (κ3) is 3.65. The highest BCUT2D eigenvalue weighted by Crippen LogP contribution is 2.39.